The van der Waals surface area contributed by atoms with Crippen LogP contribution in [0.5, 0.6) is 0 Å². The van der Waals surface area contributed by atoms with Gasteiger partial charge < -0.3 is 26.3 Å². The van der Waals surface area contributed by atoms with E-state index < -0.39 is 41.9 Å². The van der Waals surface area contributed by atoms with Gasteiger partial charge in [-0.1, -0.05) is 18.2 Å². The first-order valence-corrected chi connectivity index (χ1v) is 11.2. The minimum atomic E-state index is -4.68. The Balaban J connectivity index is 1.79. The Morgan fingerprint density at radius 1 is 1.08 bits per heavy atom. The smallest absolute Gasteiger partial charge is 0.361 e. The molecule has 0 spiro atoms. The van der Waals surface area contributed by atoms with E-state index in [2.05, 4.69) is 20.9 Å². The van der Waals surface area contributed by atoms with Crippen molar-refractivity contribution in [3.63, 3.8) is 0 Å². The molecule has 0 aliphatic rings. The fraction of sp³-hybridized carbons (Fsp3) is 0.292. The number of carbonyl (C=O) groups is 4. The first-order valence-electron chi connectivity index (χ1n) is 11.2. The van der Waals surface area contributed by atoms with E-state index in [0.717, 1.165) is 28.7 Å². The Kier molecular flexibility index (Phi) is 8.48. The van der Waals surface area contributed by atoms with Crippen molar-refractivity contribution in [3.05, 3.63) is 54.5 Å². The van der Waals surface area contributed by atoms with Crippen LogP contribution < -0.4 is 16.0 Å². The minimum Gasteiger partial charge on any atom is -0.361 e. The predicted molar refractivity (Wildman–Crippen MR) is 129 cm³/mol. The Morgan fingerprint density at radius 3 is 2.46 bits per heavy atom. The number of aromatic nitrogens is 2. The number of fused-ring (bicyclic) bond motifs is 1. The lowest BCUT2D eigenvalue weighted by molar-refractivity contribution is -0.203. The lowest BCUT2D eigenvalue weighted by Crippen LogP contribution is -2.53. The van der Waals surface area contributed by atoms with Gasteiger partial charge >= 0.3 is 6.30 Å². The van der Waals surface area contributed by atoms with Gasteiger partial charge in [-0.25, -0.2) is 0 Å². The van der Waals surface area contributed by atoms with Gasteiger partial charge in [0.15, 0.2) is 5.78 Å². The van der Waals surface area contributed by atoms with Crippen LogP contribution in [0.3, 0.4) is 0 Å². The Bertz CT molecular complexity index is 1310. The van der Waals surface area contributed by atoms with Gasteiger partial charge in [0.25, 0.3) is 0 Å². The molecule has 37 heavy (non-hydrogen) atoms. The van der Waals surface area contributed by atoms with Crippen molar-refractivity contribution in [1.82, 2.24) is 20.2 Å². The highest BCUT2D eigenvalue weighted by atomic mass is 19.4. The number of carbonyl (C=O) groups excluding carboxylic acids is 4. The second-order valence-electron chi connectivity index (χ2n) is 8.29. The fourth-order valence-electron chi connectivity index (χ4n) is 3.73. The maximum Gasteiger partial charge on any atom is 0.488 e. The molecule has 0 bridgehead atoms. The molecule has 2 heterocycles. The van der Waals surface area contributed by atoms with Crippen LogP contribution in [-0.2, 0) is 31.9 Å². The number of nitrogens with zero attached hydrogens (tertiary/aromatic N) is 1. The molecule has 5 N–H and O–H groups in total. The molecule has 0 fully saturated rings. The summed E-state index contributed by atoms with van der Waals surface area (Å²) in [5.41, 5.74) is 1.39. The molecule has 0 saturated heterocycles. The number of hydrogen-bond acceptors (Lipinski definition) is 5. The van der Waals surface area contributed by atoms with Gasteiger partial charge in [0.2, 0.25) is 17.7 Å². The molecule has 0 aliphatic carbocycles. The predicted octanol–water partition coefficient (Wildman–Crippen LogP) is 2.62. The highest BCUT2D eigenvalue weighted by Gasteiger charge is 2.31. The van der Waals surface area contributed by atoms with Crippen LogP contribution in [0.15, 0.2) is 48.9 Å². The van der Waals surface area contributed by atoms with E-state index in [4.69, 9.17) is 5.41 Å². The van der Waals surface area contributed by atoms with E-state index >= 15 is 0 Å². The summed E-state index contributed by atoms with van der Waals surface area (Å²) in [7, 11) is 0. The largest absolute Gasteiger partial charge is 0.488 e. The molecule has 13 heteroatoms. The molecule has 2 atom stereocenters. The zero-order chi connectivity index (χ0) is 27.2. The van der Waals surface area contributed by atoms with Crippen molar-refractivity contribution in [1.29, 1.82) is 5.41 Å². The molecule has 3 rings (SSSR count). The zero-order valence-electron chi connectivity index (χ0n) is 19.7. The summed E-state index contributed by atoms with van der Waals surface area (Å²) in [6, 6.07) is 5.96. The summed E-state index contributed by atoms with van der Waals surface area (Å²) in [5.74, 6) is -2.68. The highest BCUT2D eigenvalue weighted by molar-refractivity contribution is 6.26. The van der Waals surface area contributed by atoms with Crippen molar-refractivity contribution in [2.24, 2.45) is 0 Å². The molecule has 0 saturated carbocycles. The minimum absolute atomic E-state index is 0.0528. The number of hydrogen-bond donors (Lipinski definition) is 5. The third-order valence-electron chi connectivity index (χ3n) is 5.52. The number of aromatic amines is 1. The molecule has 3 aromatic rings. The number of amides is 3. The zero-order valence-corrected chi connectivity index (χ0v) is 19.7. The molecule has 0 unspecified atom stereocenters. The van der Waals surface area contributed by atoms with Crippen molar-refractivity contribution in [3.8, 4) is 0 Å². The molecule has 196 valence electrons. The number of ketones is 1. The number of Topliss-reactive ketones (excluding diaryl/α,β-unsaturated/α-hetero) is 1. The number of halogens is 3. The average molecular weight is 518 g/mol. The molecule has 1 aromatic carbocycles. The van der Waals surface area contributed by atoms with Crippen LogP contribution in [0.4, 0.5) is 18.9 Å². The number of para-hydroxylation sites is 1. The average Bonchev–Trinajstić information content (AvgIpc) is 3.48. The fourth-order valence-corrected chi connectivity index (χ4v) is 3.73. The molecule has 2 aromatic heterocycles. The number of anilines is 1. The van der Waals surface area contributed by atoms with Gasteiger partial charge in [-0.05, 0) is 24.1 Å². The van der Waals surface area contributed by atoms with Crippen LogP contribution in [0.25, 0.3) is 10.9 Å². The number of benzene rings is 1. The summed E-state index contributed by atoms with van der Waals surface area (Å²) in [5, 5.41) is 15.2. The van der Waals surface area contributed by atoms with Gasteiger partial charge in [0.05, 0.1) is 11.9 Å². The lowest BCUT2D eigenvalue weighted by Gasteiger charge is -2.22. The molecular formula is C24H25F3N6O4. The first kappa shape index (κ1) is 27.2. The van der Waals surface area contributed by atoms with Crippen LogP contribution in [0.2, 0.25) is 0 Å². The van der Waals surface area contributed by atoms with E-state index in [1.807, 2.05) is 24.3 Å². The Labute approximate surface area is 209 Å². The van der Waals surface area contributed by atoms with Crippen LogP contribution in [0.1, 0.15) is 25.3 Å². The van der Waals surface area contributed by atoms with Gasteiger partial charge in [-0.3, -0.25) is 23.7 Å². The SMILES string of the molecule is CC(=O)N[C@@H](Cc1c[nH]c2ccccc12)C(=O)N[C@@H](CCC(=O)C=N)C(=O)Nc1ccn(C(F)(F)F)c1. The normalized spacial score (nSPS) is 13.0. The number of nitrogens with one attached hydrogen (secondary N) is 5. The van der Waals surface area contributed by atoms with E-state index in [1.165, 1.54) is 6.92 Å². The Hall–Kier alpha value is -4.42. The number of rotatable bonds is 11. The standard InChI is InChI=1S/C24H25F3N6O4/c1-14(34)30-21(10-15-12-29-19-5-3-2-4-18(15)19)23(37)32-20(7-6-17(35)11-28)22(36)31-16-8-9-33(13-16)24(25,26)27/h2-5,8-9,11-13,20-21,28-29H,6-7,10H2,1H3,(H,30,34)(H,31,36)(H,32,37)/t20-,21-/m0/s1. The summed E-state index contributed by atoms with van der Waals surface area (Å²) in [6.45, 7) is 1.23. The molecule has 10 nitrogen and oxygen atoms in total. The molecule has 0 aliphatic heterocycles. The van der Waals surface area contributed by atoms with Gasteiger partial charge in [-0.15, -0.1) is 13.2 Å². The number of H-pyrrole nitrogens is 1. The van der Waals surface area contributed by atoms with Crippen LogP contribution >= 0.6 is 0 Å². The quantitative estimate of drug-likeness (QED) is 0.248. The highest BCUT2D eigenvalue weighted by Crippen LogP contribution is 2.24. The molecule has 0 radical (unpaired) electrons. The second kappa shape index (κ2) is 11.5. The van der Waals surface area contributed by atoms with Crippen molar-refractivity contribution >= 4 is 46.3 Å². The molecular weight excluding hydrogens is 493 g/mol. The summed E-state index contributed by atoms with van der Waals surface area (Å²) >= 11 is 0. The van der Waals surface area contributed by atoms with E-state index in [1.54, 1.807) is 6.20 Å². The van der Waals surface area contributed by atoms with E-state index in [0.29, 0.717) is 12.4 Å². The summed E-state index contributed by atoms with van der Waals surface area (Å²) < 4.78 is 38.5. The maximum absolute atomic E-state index is 13.2. The van der Waals surface area contributed by atoms with Gasteiger partial charge in [0.1, 0.15) is 12.1 Å². The second-order valence-corrected chi connectivity index (χ2v) is 8.29. The summed E-state index contributed by atoms with van der Waals surface area (Å²) in [4.78, 5) is 52.5. The van der Waals surface area contributed by atoms with Gasteiger partial charge in [0, 0.05) is 49.3 Å². The maximum atomic E-state index is 13.2. The van der Waals surface area contributed by atoms with Crippen molar-refractivity contribution in [2.75, 3.05) is 5.32 Å². The first-order chi connectivity index (χ1) is 17.5. The molecule has 3 amide bonds. The van der Waals surface area contributed by atoms with Gasteiger partial charge in [-0.2, -0.15) is 0 Å². The Morgan fingerprint density at radius 2 is 1.81 bits per heavy atom. The van der Waals surface area contributed by atoms with Crippen molar-refractivity contribution in [2.45, 2.75) is 44.6 Å². The monoisotopic (exact) mass is 518 g/mol. The van der Waals surface area contributed by atoms with Crippen molar-refractivity contribution < 1.29 is 32.3 Å². The van der Waals surface area contributed by atoms with E-state index in [9.17, 15) is 32.3 Å². The third-order valence-corrected chi connectivity index (χ3v) is 5.52. The summed E-state index contributed by atoms with van der Waals surface area (Å²) in [6.07, 6.45) is -1.43. The van der Waals surface area contributed by atoms with Crippen LogP contribution in [-0.4, -0.2) is 51.4 Å². The van der Waals surface area contributed by atoms with E-state index in [-0.39, 0.29) is 29.5 Å². The lowest BCUT2D eigenvalue weighted by atomic mass is 10.0. The third kappa shape index (κ3) is 7.29. The number of alkyl halides is 3. The van der Waals surface area contributed by atoms with Crippen LogP contribution in [0, 0.1) is 5.41 Å². The topological polar surface area (TPSA) is 149 Å².